The normalized spacial score (nSPS) is 10.3. The maximum absolute atomic E-state index is 12.4. The fourth-order valence-corrected chi connectivity index (χ4v) is 6.61. The summed E-state index contributed by atoms with van der Waals surface area (Å²) in [5.41, 5.74) is 3.31. The monoisotopic (exact) mass is 1070 g/mol. The number of nitrogens with one attached hydrogen (secondary N) is 3. The van der Waals surface area contributed by atoms with E-state index in [-0.39, 0.29) is 153 Å². The Morgan fingerprint density at radius 2 is 1.14 bits per heavy atom. The molecule has 0 aliphatic rings. The maximum atomic E-state index is 12.4. The molecule has 2 aromatic heterocycles. The number of aromatic nitrogens is 6. The van der Waals surface area contributed by atoms with E-state index in [1.54, 1.807) is 48.6 Å². The molecule has 0 bridgehead atoms. The van der Waals surface area contributed by atoms with Crippen molar-refractivity contribution in [3.8, 4) is 0 Å². The molecule has 0 unspecified atom stereocenters. The van der Waals surface area contributed by atoms with Crippen molar-refractivity contribution in [2.75, 3.05) is 22.5 Å². The molecule has 29 heteroatoms. The minimum atomic E-state index is -4.89. The van der Waals surface area contributed by atoms with Gasteiger partial charge in [-0.3, -0.25) is 0 Å². The first-order valence-electron chi connectivity index (χ1n) is 18.6. The molecule has 6 aromatic rings. The molecular formula is C41H35N9Na4O12S4. The van der Waals surface area contributed by atoms with E-state index >= 15 is 0 Å². The molecule has 0 radical (unpaired) electrons. The van der Waals surface area contributed by atoms with E-state index in [1.807, 2.05) is 18.2 Å². The van der Waals surface area contributed by atoms with Crippen LogP contribution in [0.15, 0.2) is 120 Å². The third-order valence-corrected chi connectivity index (χ3v) is 9.92. The van der Waals surface area contributed by atoms with E-state index in [4.69, 9.17) is 25.3 Å². The van der Waals surface area contributed by atoms with Crippen LogP contribution in [0.2, 0.25) is 0 Å². The molecule has 70 heavy (non-hydrogen) atoms. The molecule has 344 valence electrons. The van der Waals surface area contributed by atoms with Crippen molar-refractivity contribution in [3.63, 3.8) is 0 Å². The van der Waals surface area contributed by atoms with Crippen LogP contribution in [-0.2, 0) is 60.7 Å². The van der Waals surface area contributed by atoms with Crippen molar-refractivity contribution < 1.29 is 169 Å². The third-order valence-electron chi connectivity index (χ3n) is 8.18. The second-order valence-corrected chi connectivity index (χ2v) is 16.5. The zero-order valence-electron chi connectivity index (χ0n) is 38.1. The summed E-state index contributed by atoms with van der Waals surface area (Å²) < 4.78 is 122. The van der Waals surface area contributed by atoms with E-state index in [9.17, 15) is 25.9 Å². The smallest absolute Gasteiger partial charge is 0.744 e. The van der Waals surface area contributed by atoms with Crippen molar-refractivity contribution in [1.82, 2.24) is 29.9 Å². The van der Waals surface area contributed by atoms with Crippen LogP contribution in [-0.4, -0.2) is 87.6 Å². The molecule has 4 aromatic carbocycles. The predicted octanol–water partition coefficient (Wildman–Crippen LogP) is -7.97. The summed E-state index contributed by atoms with van der Waals surface area (Å²) in [6.07, 6.45) is 8.47. The second kappa shape index (κ2) is 33.3. The fraction of sp³-hybridized carbons (Fsp3) is 0.122. The minimum Gasteiger partial charge on any atom is -0.744 e. The van der Waals surface area contributed by atoms with Crippen molar-refractivity contribution in [2.45, 2.75) is 35.5 Å². The number of allylic oxidation sites excluding steroid dienone is 1. The van der Waals surface area contributed by atoms with Gasteiger partial charge in [-0.15, -0.1) is 74.3 Å². The summed E-state index contributed by atoms with van der Waals surface area (Å²) in [6, 6.07) is 28.5. The Bertz CT molecular complexity index is 3130. The van der Waals surface area contributed by atoms with Gasteiger partial charge in [0.25, 0.3) is 0 Å². The van der Waals surface area contributed by atoms with Gasteiger partial charge in [-0.05, 0) is 54.8 Å². The molecule has 0 aliphatic carbocycles. The molecule has 2 heterocycles. The number of aryl methyl sites for hydroxylation is 1. The van der Waals surface area contributed by atoms with Crippen LogP contribution >= 0.6 is 0 Å². The van der Waals surface area contributed by atoms with Crippen LogP contribution in [0, 0.1) is 12.1 Å². The van der Waals surface area contributed by atoms with E-state index in [0.29, 0.717) is 60.2 Å². The summed E-state index contributed by atoms with van der Waals surface area (Å²) in [5, 5.41) is 9.06. The van der Waals surface area contributed by atoms with E-state index in [0.717, 1.165) is 11.1 Å². The predicted molar refractivity (Wildman–Crippen MR) is 237 cm³/mol. The van der Waals surface area contributed by atoms with E-state index in [1.165, 1.54) is 42.5 Å². The molecule has 6 rings (SSSR count). The summed E-state index contributed by atoms with van der Waals surface area (Å²) in [5.74, 6) is 2.11. The van der Waals surface area contributed by atoms with Gasteiger partial charge in [0.1, 0.15) is 37.7 Å². The quantitative estimate of drug-likeness (QED) is 0.0237. The number of rotatable bonds is 18. The standard InChI is InChI=1S/C41H37N9O6S2.4Na.2O3S/c1-3-5-11-36-45-37(25-29-9-7-6-8-10-29)48-40(46-36)44-33-19-18-31(35(27-33)58(54,55)56)17-16-28-12-14-30(15-13-28)26-38-47-39(42-24-4-2)50-41(49-38)43-32-20-22-34(23-21-32)57(51,52)53;;;;;2*1-4(2)3/h3-4,7-10,12,14-23,27H,1-2,5,11,24-26H2,(H,51,52,53)(H,54,55,56)(H,44,45,46,48)(H2,42,43,47,49,50);;;;;;/q-2;4*+1;;/p-2/b17-16+;;;;;;. The molecular weight excluding hydrogens is 1030 g/mol. The van der Waals surface area contributed by atoms with Gasteiger partial charge < -0.3 is 25.1 Å². The molecule has 0 fully saturated rings. The van der Waals surface area contributed by atoms with Gasteiger partial charge in [-0.2, -0.15) is 66.4 Å². The van der Waals surface area contributed by atoms with Gasteiger partial charge in [0.15, 0.2) is 0 Å². The summed E-state index contributed by atoms with van der Waals surface area (Å²) in [4.78, 5) is 26.2. The van der Waals surface area contributed by atoms with E-state index in [2.05, 4.69) is 71.1 Å². The van der Waals surface area contributed by atoms with Crippen LogP contribution in [0.25, 0.3) is 12.2 Å². The van der Waals surface area contributed by atoms with Crippen molar-refractivity contribution in [1.29, 1.82) is 0 Å². The maximum Gasteiger partial charge on any atom is 1.00 e. The topological polar surface area (TPSA) is 330 Å². The second-order valence-electron chi connectivity index (χ2n) is 13.0. The first-order valence-corrected chi connectivity index (χ1v) is 23.4. The Morgan fingerprint density at radius 3 is 1.70 bits per heavy atom. The molecule has 0 saturated heterocycles. The number of anilines is 5. The molecule has 3 N–H and O–H groups in total. The minimum absolute atomic E-state index is 0. The van der Waals surface area contributed by atoms with Crippen molar-refractivity contribution in [3.05, 3.63) is 162 Å². The number of hydrogen-bond acceptors (Lipinski definition) is 21. The zero-order valence-corrected chi connectivity index (χ0v) is 49.3. The fourth-order valence-electron chi connectivity index (χ4n) is 5.44. The van der Waals surface area contributed by atoms with Gasteiger partial charge in [0.05, 0.1) is 9.79 Å². The molecule has 0 saturated carbocycles. The summed E-state index contributed by atoms with van der Waals surface area (Å²) >= 11 is 0. The Hall–Kier alpha value is -3.42. The van der Waals surface area contributed by atoms with Gasteiger partial charge in [-0.25, -0.2) is 21.8 Å². The Labute approximate surface area is 495 Å². The van der Waals surface area contributed by atoms with Crippen LogP contribution in [0.5, 0.6) is 0 Å². The summed E-state index contributed by atoms with van der Waals surface area (Å²) in [7, 11) is -15.7. The Balaban J connectivity index is 0.00000369. The van der Waals surface area contributed by atoms with Crippen LogP contribution < -0.4 is 134 Å². The van der Waals surface area contributed by atoms with Crippen molar-refractivity contribution in [2.24, 2.45) is 0 Å². The van der Waals surface area contributed by atoms with Gasteiger partial charge >= 0.3 is 139 Å². The number of nitrogens with zero attached hydrogens (tertiary/aromatic N) is 6. The first kappa shape index (κ1) is 66.6. The van der Waals surface area contributed by atoms with Crippen LogP contribution in [0.4, 0.5) is 29.2 Å². The van der Waals surface area contributed by atoms with Gasteiger partial charge in [-0.1, -0.05) is 24.3 Å². The Morgan fingerprint density at radius 1 is 0.600 bits per heavy atom. The van der Waals surface area contributed by atoms with Crippen molar-refractivity contribution >= 4 is 82.8 Å². The Kier molecular flexibility index (Phi) is 31.7. The van der Waals surface area contributed by atoms with E-state index < -0.39 is 46.3 Å². The summed E-state index contributed by atoms with van der Waals surface area (Å²) in [6.45, 7) is 7.84. The first-order chi connectivity index (χ1) is 31.3. The molecule has 0 amide bonds. The third kappa shape index (κ3) is 24.8. The molecule has 0 spiro atoms. The van der Waals surface area contributed by atoms with Gasteiger partial charge in [0, 0.05) is 30.8 Å². The molecule has 21 nitrogen and oxygen atoms in total. The average Bonchev–Trinajstić information content (AvgIpc) is 3.24. The van der Waals surface area contributed by atoms with Crippen LogP contribution in [0.3, 0.4) is 0 Å². The zero-order chi connectivity index (χ0) is 48.3. The number of hydrogen-bond donors (Lipinski definition) is 3. The van der Waals surface area contributed by atoms with Gasteiger partial charge in [0.2, 0.25) is 17.8 Å². The number of benzene rings is 4. The van der Waals surface area contributed by atoms with Crippen LogP contribution in [0.1, 0.15) is 46.1 Å². The molecule has 0 aliphatic heterocycles. The molecule has 0 atom stereocenters. The SMILES string of the molecule is C=CCCc1nc(Cc2cc[c-]cc2)nc(Nc2ccc(/C=C/c3[c-]cc(Cc4nc(NCC=C)nc(Nc5ccc(S(=O)(=O)[O-])cc5)n4)cc3)c(S(=O)(=O)[O-])c2)n1.O=S(=O)=O.O=S(=O)=O.[Na+].[Na+].[Na+].[Na+]. The average molecular weight is 1070 g/mol. The largest absolute Gasteiger partial charge is 1.00 e.